The molecule has 0 spiro atoms. The number of rotatable bonds is 16. The molecule has 3 aromatic rings. The molecule has 0 nitrogen and oxygen atoms in total. The van der Waals surface area contributed by atoms with Gasteiger partial charge in [-0.25, -0.2) is 0 Å². The Hall–Kier alpha value is -1.15. The Labute approximate surface area is 253 Å². The van der Waals surface area contributed by atoms with E-state index in [-0.39, 0.29) is 8.18 Å². The maximum atomic E-state index is 2.57. The van der Waals surface area contributed by atoms with Crippen molar-refractivity contribution in [1.29, 1.82) is 0 Å². The maximum absolute atomic E-state index is 2.57. The standard InChI is InChI=1S/C36H48.2Li/c1-5-9-11-18-35(31-24-20-29(14-7-3)21-25-31)33-16-13-17-34(28-33)36(19-12-10-6-2)32-26-22-30(15-8-4)23-27-32;;/h13,16-17,20-28H,5-12,14-15,18-19H2,1-4H3;;. The topological polar surface area (TPSA) is 0 Å². The Bertz CT molecular complexity index is 1000. The van der Waals surface area contributed by atoms with Crippen LogP contribution in [-0.4, -0.2) is 35.4 Å². The fourth-order valence-corrected chi connectivity index (χ4v) is 6.23. The second-order valence-electron chi connectivity index (χ2n) is 12.1. The normalized spacial score (nSPS) is 14.7. The van der Waals surface area contributed by atoms with Gasteiger partial charge in [0.25, 0.3) is 0 Å². The van der Waals surface area contributed by atoms with Gasteiger partial charge in [-0.3, -0.25) is 0 Å². The number of hydrogen-bond donors (Lipinski definition) is 0. The summed E-state index contributed by atoms with van der Waals surface area (Å²) in [6.45, 7) is 9.16. The third kappa shape index (κ3) is 7.96. The molecule has 0 N–H and O–H groups in total. The van der Waals surface area contributed by atoms with E-state index in [1.54, 1.807) is 0 Å². The fraction of sp³-hybridized carbons (Fsp3) is 0.500. The minimum absolute atomic E-state index is 0.0191. The van der Waals surface area contributed by atoms with E-state index >= 15 is 0 Å². The summed E-state index contributed by atoms with van der Waals surface area (Å²) in [6, 6.07) is 28.8. The first kappa shape index (κ1) is 31.4. The van der Waals surface area contributed by atoms with E-state index in [9.17, 15) is 0 Å². The van der Waals surface area contributed by atoms with Crippen molar-refractivity contribution in [3.63, 3.8) is 0 Å². The van der Waals surface area contributed by atoms with Gasteiger partial charge in [-0.2, -0.15) is 0 Å². The van der Waals surface area contributed by atoms with Crippen LogP contribution in [-0.2, 0) is 21.0 Å². The van der Waals surface area contributed by atoms with E-state index in [4.69, 9.17) is 0 Å². The molecule has 3 rings (SSSR count). The summed E-state index contributed by atoms with van der Waals surface area (Å²) >= 11 is 4.98. The van der Waals surface area contributed by atoms with E-state index in [1.165, 1.54) is 97.6 Å². The van der Waals surface area contributed by atoms with Gasteiger partial charge in [-0.05, 0) is 0 Å². The van der Waals surface area contributed by atoms with Gasteiger partial charge in [-0.15, -0.1) is 0 Å². The van der Waals surface area contributed by atoms with Crippen LogP contribution in [0.25, 0.3) is 0 Å². The Morgan fingerprint density at radius 3 is 1.21 bits per heavy atom. The van der Waals surface area contributed by atoms with Crippen LogP contribution >= 0.6 is 0 Å². The molecule has 0 fully saturated rings. The number of benzene rings is 3. The minimum atomic E-state index is 0.0191. The number of unbranched alkanes of at least 4 members (excludes halogenated alkanes) is 4. The molecule has 0 aliphatic carbocycles. The number of aryl methyl sites for hydroxylation is 2. The van der Waals surface area contributed by atoms with Crippen LogP contribution in [0.3, 0.4) is 0 Å². The molecule has 0 saturated heterocycles. The third-order valence-corrected chi connectivity index (χ3v) is 8.96. The van der Waals surface area contributed by atoms with Crippen molar-refractivity contribution in [2.45, 2.75) is 113 Å². The van der Waals surface area contributed by atoms with E-state index in [0.717, 1.165) is 12.8 Å². The van der Waals surface area contributed by atoms with Gasteiger partial charge < -0.3 is 0 Å². The average Bonchev–Trinajstić information content (AvgIpc) is 2.94. The van der Waals surface area contributed by atoms with E-state index in [2.05, 4.69) is 136 Å². The third-order valence-electron chi connectivity index (χ3n) is 8.96. The molecule has 0 aliphatic rings. The molecular weight excluding hydrogens is 446 g/mol. The Kier molecular flexibility index (Phi) is 12.9. The summed E-state index contributed by atoms with van der Waals surface area (Å²) in [4.78, 5) is 0. The van der Waals surface area contributed by atoms with Crippen LogP contribution < -0.4 is 0 Å². The summed E-state index contributed by atoms with van der Waals surface area (Å²) in [7, 11) is 0. The van der Waals surface area contributed by atoms with Crippen LogP contribution in [0.4, 0.5) is 0 Å². The van der Waals surface area contributed by atoms with Crippen molar-refractivity contribution in [1.82, 2.24) is 0 Å². The molecule has 0 aromatic heterocycles. The van der Waals surface area contributed by atoms with Crippen molar-refractivity contribution in [2.24, 2.45) is 0 Å². The Morgan fingerprint density at radius 1 is 0.474 bits per heavy atom. The molecule has 0 aliphatic heterocycles. The van der Waals surface area contributed by atoms with Crippen molar-refractivity contribution >= 4 is 35.4 Å². The number of hydrogen-bond acceptors (Lipinski definition) is 0. The van der Waals surface area contributed by atoms with E-state index in [1.807, 2.05) is 0 Å². The van der Waals surface area contributed by atoms with Gasteiger partial charge in [0, 0.05) is 0 Å². The molecule has 0 amide bonds. The van der Waals surface area contributed by atoms with Crippen LogP contribution in [0.2, 0.25) is 0 Å². The second kappa shape index (κ2) is 15.6. The van der Waals surface area contributed by atoms with Gasteiger partial charge >= 0.3 is 255 Å². The fourth-order valence-electron chi connectivity index (χ4n) is 6.23. The quantitative estimate of drug-likeness (QED) is 0.137. The zero-order valence-electron chi connectivity index (χ0n) is 25.4. The predicted molar refractivity (Wildman–Crippen MR) is 169 cm³/mol. The Morgan fingerprint density at radius 2 is 0.868 bits per heavy atom. The van der Waals surface area contributed by atoms with E-state index < -0.39 is 0 Å². The summed E-state index contributed by atoms with van der Waals surface area (Å²) in [5, 5.41) is 0. The van der Waals surface area contributed by atoms with Gasteiger partial charge in [-0.1, -0.05) is 0 Å². The molecule has 194 valence electrons. The molecule has 0 radical (unpaired) electrons. The summed E-state index contributed by atoms with van der Waals surface area (Å²) in [6.07, 6.45) is 14.7. The molecule has 2 heteroatoms. The molecule has 2 unspecified atom stereocenters. The van der Waals surface area contributed by atoms with Gasteiger partial charge in [0.15, 0.2) is 0 Å². The van der Waals surface area contributed by atoms with Gasteiger partial charge in [0.2, 0.25) is 0 Å². The summed E-state index contributed by atoms with van der Waals surface area (Å²) < 4.78 is 0.0382. The predicted octanol–water partition coefficient (Wildman–Crippen LogP) is 9.58. The van der Waals surface area contributed by atoms with Gasteiger partial charge in [0.05, 0.1) is 0 Å². The van der Waals surface area contributed by atoms with Gasteiger partial charge in [0.1, 0.15) is 0 Å². The first-order valence-corrected chi connectivity index (χ1v) is 15.7. The molecule has 0 saturated carbocycles. The van der Waals surface area contributed by atoms with Crippen LogP contribution in [0.1, 0.15) is 125 Å². The molecule has 0 bridgehead atoms. The SMILES string of the molecule is [Li][C](CCCCC)(c1ccc(CCC)cc1)c1cccc([C]([Li])(CCCCC)c2ccc(CCC)cc2)c1. The molecule has 2 atom stereocenters. The summed E-state index contributed by atoms with van der Waals surface area (Å²) in [5.41, 5.74) is 8.77. The second-order valence-corrected chi connectivity index (χ2v) is 12.1. The van der Waals surface area contributed by atoms with E-state index in [0.29, 0.717) is 0 Å². The zero-order valence-corrected chi connectivity index (χ0v) is 25.4. The van der Waals surface area contributed by atoms with Crippen LogP contribution in [0.15, 0.2) is 72.8 Å². The molecule has 0 heterocycles. The van der Waals surface area contributed by atoms with Crippen molar-refractivity contribution in [3.8, 4) is 0 Å². The van der Waals surface area contributed by atoms with Crippen molar-refractivity contribution in [3.05, 3.63) is 106 Å². The molecule has 38 heavy (non-hydrogen) atoms. The Balaban J connectivity index is 2.06. The first-order chi connectivity index (χ1) is 18.4. The summed E-state index contributed by atoms with van der Waals surface area (Å²) in [5.74, 6) is 0. The molecule has 3 aromatic carbocycles. The monoisotopic (exact) mass is 494 g/mol. The van der Waals surface area contributed by atoms with Crippen molar-refractivity contribution < 1.29 is 0 Å². The average molecular weight is 495 g/mol. The van der Waals surface area contributed by atoms with Crippen LogP contribution in [0.5, 0.6) is 0 Å². The van der Waals surface area contributed by atoms with Crippen LogP contribution in [0, 0.1) is 0 Å². The zero-order chi connectivity index (χ0) is 27.4. The van der Waals surface area contributed by atoms with Crippen molar-refractivity contribution in [2.75, 3.05) is 0 Å². The first-order valence-electron chi connectivity index (χ1n) is 15.7. The molecular formula is C36H48Li2.